The van der Waals surface area contributed by atoms with Gasteiger partial charge in [0.05, 0.1) is 29.0 Å². The SMILES string of the molecule is CN/C=C1/NC(=O)C(c2nc3cc(C)c(C(=O)N4CCCC4)cc3[nH]2)=C(NCc2ncccn2)C1=N. The number of aromatic amines is 1. The first-order valence-electron chi connectivity index (χ1n) is 11.8. The van der Waals surface area contributed by atoms with Gasteiger partial charge in [-0.05, 0) is 43.5 Å². The fourth-order valence-electron chi connectivity index (χ4n) is 4.47. The van der Waals surface area contributed by atoms with Crippen LogP contribution >= 0.6 is 0 Å². The van der Waals surface area contributed by atoms with Crippen molar-refractivity contribution in [1.29, 1.82) is 5.41 Å². The molecule has 2 aliphatic heterocycles. The first-order chi connectivity index (χ1) is 17.5. The lowest BCUT2D eigenvalue weighted by Crippen LogP contribution is -2.40. The lowest BCUT2D eigenvalue weighted by Gasteiger charge is -2.23. The molecule has 0 bridgehead atoms. The third-order valence-electron chi connectivity index (χ3n) is 6.26. The number of aromatic nitrogens is 4. The Morgan fingerprint density at radius 2 is 1.97 bits per heavy atom. The highest BCUT2D eigenvalue weighted by atomic mass is 16.2. The van der Waals surface area contributed by atoms with E-state index in [1.807, 2.05) is 17.9 Å². The quantitative estimate of drug-likeness (QED) is 0.356. The topological polar surface area (TPSA) is 152 Å². The molecule has 2 amide bonds. The Hall–Kier alpha value is -4.54. The molecule has 5 N–H and O–H groups in total. The van der Waals surface area contributed by atoms with E-state index < -0.39 is 5.91 Å². The van der Waals surface area contributed by atoms with E-state index in [0.29, 0.717) is 39.6 Å². The molecule has 1 saturated heterocycles. The van der Waals surface area contributed by atoms with Crippen LogP contribution in [-0.2, 0) is 11.3 Å². The Labute approximate surface area is 207 Å². The summed E-state index contributed by atoms with van der Waals surface area (Å²) in [6.45, 7) is 3.64. The van der Waals surface area contributed by atoms with Crippen molar-refractivity contribution >= 4 is 34.1 Å². The molecule has 0 aliphatic carbocycles. The van der Waals surface area contributed by atoms with Crippen LogP contribution in [0, 0.1) is 12.3 Å². The maximum Gasteiger partial charge on any atom is 0.261 e. The number of carbonyl (C=O) groups excluding carboxylic acids is 2. The molecule has 0 atom stereocenters. The fraction of sp³-hybridized carbons (Fsp3) is 0.280. The third-order valence-corrected chi connectivity index (χ3v) is 6.26. The third kappa shape index (κ3) is 4.30. The molecular formula is C25H27N9O2. The van der Waals surface area contributed by atoms with Crippen molar-refractivity contribution in [3.8, 4) is 0 Å². The van der Waals surface area contributed by atoms with Gasteiger partial charge < -0.3 is 25.8 Å². The van der Waals surface area contributed by atoms with Gasteiger partial charge in [-0.2, -0.15) is 0 Å². The number of hydrogen-bond acceptors (Lipinski definition) is 8. The number of hydrogen-bond donors (Lipinski definition) is 5. The lowest BCUT2D eigenvalue weighted by atomic mass is 10.0. The summed E-state index contributed by atoms with van der Waals surface area (Å²) in [7, 11) is 1.69. The minimum absolute atomic E-state index is 0.00603. The predicted molar refractivity (Wildman–Crippen MR) is 135 cm³/mol. The van der Waals surface area contributed by atoms with E-state index >= 15 is 0 Å². The highest BCUT2D eigenvalue weighted by Crippen LogP contribution is 2.27. The molecule has 5 rings (SSSR count). The zero-order valence-electron chi connectivity index (χ0n) is 20.1. The molecule has 184 valence electrons. The number of likely N-dealkylation sites (tertiary alicyclic amines) is 1. The van der Waals surface area contributed by atoms with Crippen molar-refractivity contribution in [3.05, 3.63) is 71.0 Å². The van der Waals surface area contributed by atoms with Gasteiger partial charge in [0.2, 0.25) is 0 Å². The number of nitrogens with zero attached hydrogens (tertiary/aromatic N) is 4. The van der Waals surface area contributed by atoms with Crippen LogP contribution in [0.2, 0.25) is 0 Å². The summed E-state index contributed by atoms with van der Waals surface area (Å²) in [4.78, 5) is 44.4. The normalized spacial score (nSPS) is 17.2. The van der Waals surface area contributed by atoms with Crippen LogP contribution < -0.4 is 16.0 Å². The van der Waals surface area contributed by atoms with E-state index in [4.69, 9.17) is 5.41 Å². The molecule has 2 aliphatic rings. The van der Waals surface area contributed by atoms with Crippen LogP contribution in [0.25, 0.3) is 16.6 Å². The molecule has 0 unspecified atom stereocenters. The highest BCUT2D eigenvalue weighted by molar-refractivity contribution is 6.33. The number of imidazole rings is 1. The van der Waals surface area contributed by atoms with Gasteiger partial charge in [-0.3, -0.25) is 15.0 Å². The summed E-state index contributed by atoms with van der Waals surface area (Å²) in [5.74, 6) is 0.421. The van der Waals surface area contributed by atoms with Gasteiger partial charge in [0.25, 0.3) is 11.8 Å². The lowest BCUT2D eigenvalue weighted by molar-refractivity contribution is -0.115. The molecule has 3 aromatic rings. The average Bonchev–Trinajstić information content (AvgIpc) is 3.55. The molecule has 4 heterocycles. The van der Waals surface area contributed by atoms with Gasteiger partial charge in [-0.25, -0.2) is 15.0 Å². The van der Waals surface area contributed by atoms with Gasteiger partial charge >= 0.3 is 0 Å². The average molecular weight is 486 g/mol. The number of benzene rings is 1. The number of amides is 2. The summed E-state index contributed by atoms with van der Waals surface area (Å²) in [5.41, 5.74) is 3.65. The van der Waals surface area contributed by atoms with Gasteiger partial charge in [0.1, 0.15) is 22.9 Å². The van der Waals surface area contributed by atoms with Crippen LogP contribution in [0.15, 0.2) is 48.2 Å². The molecule has 2 aromatic heterocycles. The maximum atomic E-state index is 13.2. The van der Waals surface area contributed by atoms with Gasteiger partial charge in [0, 0.05) is 44.3 Å². The first-order valence-corrected chi connectivity index (χ1v) is 11.8. The predicted octanol–water partition coefficient (Wildman–Crippen LogP) is 1.61. The molecule has 11 nitrogen and oxygen atoms in total. The van der Waals surface area contributed by atoms with Crippen molar-refractivity contribution in [2.75, 3.05) is 20.1 Å². The molecule has 11 heteroatoms. The van der Waals surface area contributed by atoms with Crippen LogP contribution in [0.3, 0.4) is 0 Å². The zero-order chi connectivity index (χ0) is 25.2. The van der Waals surface area contributed by atoms with E-state index in [0.717, 1.165) is 31.5 Å². The Kier molecular flexibility index (Phi) is 6.19. The number of H-pyrrole nitrogens is 1. The minimum atomic E-state index is -0.409. The van der Waals surface area contributed by atoms with Crippen LogP contribution in [0.1, 0.15) is 40.4 Å². The zero-order valence-corrected chi connectivity index (χ0v) is 20.1. The van der Waals surface area contributed by atoms with Gasteiger partial charge in [-0.1, -0.05) is 0 Å². The Balaban J connectivity index is 1.56. The number of aryl methyl sites for hydroxylation is 1. The Bertz CT molecular complexity index is 1420. The first kappa shape index (κ1) is 23.2. The number of carbonyl (C=O) groups is 2. The van der Waals surface area contributed by atoms with Crippen molar-refractivity contribution in [2.24, 2.45) is 0 Å². The Morgan fingerprint density at radius 1 is 1.22 bits per heavy atom. The molecular weight excluding hydrogens is 458 g/mol. The molecule has 1 fully saturated rings. The molecule has 0 spiro atoms. The second-order valence-electron chi connectivity index (χ2n) is 8.71. The summed E-state index contributed by atoms with van der Waals surface area (Å²) in [5, 5.41) is 17.5. The monoisotopic (exact) mass is 485 g/mol. The largest absolute Gasteiger partial charge is 0.392 e. The number of rotatable bonds is 6. The highest BCUT2D eigenvalue weighted by Gasteiger charge is 2.31. The van der Waals surface area contributed by atoms with E-state index in [-0.39, 0.29) is 23.7 Å². The van der Waals surface area contributed by atoms with Crippen molar-refractivity contribution in [3.63, 3.8) is 0 Å². The van der Waals surface area contributed by atoms with Gasteiger partial charge in [-0.15, -0.1) is 0 Å². The van der Waals surface area contributed by atoms with E-state index in [9.17, 15) is 9.59 Å². The Morgan fingerprint density at radius 3 is 2.69 bits per heavy atom. The fourth-order valence-corrected chi connectivity index (χ4v) is 4.47. The van der Waals surface area contributed by atoms with E-state index in [2.05, 4.69) is 35.9 Å². The summed E-state index contributed by atoms with van der Waals surface area (Å²) < 4.78 is 0. The summed E-state index contributed by atoms with van der Waals surface area (Å²) >= 11 is 0. The van der Waals surface area contributed by atoms with Crippen LogP contribution in [0.5, 0.6) is 0 Å². The van der Waals surface area contributed by atoms with E-state index in [1.54, 1.807) is 37.8 Å². The standard InChI is InChI=1S/C25H27N9O2/c1-14-10-16-17(11-15(14)25(36)34-8-3-4-9-34)32-23(31-16)20-22(30-13-19-28-6-5-7-29-19)21(26)18(12-27-2)33-24(20)35/h5-7,10-12,26-27,30H,3-4,8-9,13H2,1-2H3,(H,31,32)(H,33,35)/b18-12+,26-21?. The minimum Gasteiger partial charge on any atom is -0.392 e. The summed E-state index contributed by atoms with van der Waals surface area (Å²) in [6, 6.07) is 5.37. The second-order valence-corrected chi connectivity index (χ2v) is 8.71. The van der Waals surface area contributed by atoms with Crippen LogP contribution in [-0.4, -0.2) is 62.5 Å². The number of nitrogens with one attached hydrogen (secondary N) is 5. The molecule has 1 aromatic carbocycles. The molecule has 36 heavy (non-hydrogen) atoms. The smallest absolute Gasteiger partial charge is 0.261 e. The second kappa shape index (κ2) is 9.61. The van der Waals surface area contributed by atoms with E-state index in [1.165, 1.54) is 0 Å². The van der Waals surface area contributed by atoms with Crippen LogP contribution in [0.4, 0.5) is 0 Å². The van der Waals surface area contributed by atoms with Crippen molar-refractivity contribution < 1.29 is 9.59 Å². The van der Waals surface area contributed by atoms with Crippen molar-refractivity contribution in [2.45, 2.75) is 26.3 Å². The van der Waals surface area contributed by atoms with Gasteiger partial charge in [0.15, 0.2) is 0 Å². The summed E-state index contributed by atoms with van der Waals surface area (Å²) in [6.07, 6.45) is 6.85. The maximum absolute atomic E-state index is 13.2. The number of fused-ring (bicyclic) bond motifs is 1. The van der Waals surface area contributed by atoms with Crippen molar-refractivity contribution in [1.82, 2.24) is 40.8 Å². The molecule has 0 saturated carbocycles. The molecule has 0 radical (unpaired) electrons.